The number of carbonyl (C=O) groups is 1. The molecule has 3 aromatic carbocycles. The first-order chi connectivity index (χ1) is 28.1. The van der Waals surface area contributed by atoms with Crippen molar-refractivity contribution in [1.29, 1.82) is 0 Å². The van der Waals surface area contributed by atoms with Gasteiger partial charge in [-0.3, -0.25) is 14.3 Å². The van der Waals surface area contributed by atoms with Gasteiger partial charge in [-0.05, 0) is 104 Å². The fourth-order valence-electron chi connectivity index (χ4n) is 7.50. The smallest absolute Gasteiger partial charge is 0.335 e. The SMILES string of the molecule is O=S=O.[C-]#[N+]c1cn2[nH]c(-c3cc(Nc4cc(C)ccc4OCCO)c(C)c(NS(=O)(=O)c4cc(C)ccc4OCCO)c3)nc2c1C(=O)OC1C(C)CC(C)CC1C. The number of aliphatic hydroxyl groups excluding tert-OH is 2. The summed E-state index contributed by atoms with van der Waals surface area (Å²) in [5.74, 6) is 1.05. The van der Waals surface area contributed by atoms with Gasteiger partial charge in [0.25, 0.3) is 10.0 Å². The monoisotopic (exact) mass is 848 g/mol. The number of H-pyrrole nitrogens is 1. The number of aryl methyl sites for hydroxylation is 2. The Hall–Kier alpha value is -5.74. The summed E-state index contributed by atoms with van der Waals surface area (Å²) in [6.07, 6.45) is 3.06. The van der Waals surface area contributed by atoms with Crippen molar-refractivity contribution in [2.45, 2.75) is 65.4 Å². The van der Waals surface area contributed by atoms with Crippen LogP contribution in [0.15, 0.2) is 59.6 Å². The van der Waals surface area contributed by atoms with Crippen molar-refractivity contribution in [3.8, 4) is 22.9 Å². The Morgan fingerprint density at radius 1 is 0.932 bits per heavy atom. The molecule has 0 radical (unpaired) electrons. The van der Waals surface area contributed by atoms with E-state index in [1.54, 1.807) is 44.2 Å². The lowest BCUT2D eigenvalue weighted by Gasteiger charge is -2.37. The molecule has 0 saturated heterocycles. The van der Waals surface area contributed by atoms with Crippen molar-refractivity contribution in [2.24, 2.45) is 17.8 Å². The van der Waals surface area contributed by atoms with Gasteiger partial charge in [-0.1, -0.05) is 32.9 Å². The number of fused-ring (bicyclic) bond motifs is 1. The molecule has 0 bridgehead atoms. The van der Waals surface area contributed by atoms with E-state index < -0.39 is 27.6 Å². The van der Waals surface area contributed by atoms with Crippen molar-refractivity contribution in [3.63, 3.8) is 0 Å². The predicted molar refractivity (Wildman–Crippen MR) is 222 cm³/mol. The summed E-state index contributed by atoms with van der Waals surface area (Å²) in [5, 5.41) is 25.4. The van der Waals surface area contributed by atoms with Crippen molar-refractivity contribution >= 4 is 56.0 Å². The number of benzene rings is 3. The molecule has 1 aliphatic rings. The molecule has 2 unspecified atom stereocenters. The van der Waals surface area contributed by atoms with Crippen LogP contribution < -0.4 is 19.5 Å². The zero-order chi connectivity index (χ0) is 43.0. The Balaban J connectivity index is 0.00000214. The van der Waals surface area contributed by atoms with Gasteiger partial charge < -0.3 is 29.7 Å². The van der Waals surface area contributed by atoms with Gasteiger partial charge in [0.05, 0.1) is 31.2 Å². The fourth-order valence-corrected chi connectivity index (χ4v) is 8.84. The van der Waals surface area contributed by atoms with E-state index in [1.165, 1.54) is 16.8 Å². The van der Waals surface area contributed by atoms with Gasteiger partial charge in [0, 0.05) is 17.4 Å². The minimum Gasteiger partial charge on any atom is -0.490 e. The Bertz CT molecular complexity index is 2490. The summed E-state index contributed by atoms with van der Waals surface area (Å²) >= 11 is -0.750. The third kappa shape index (κ3) is 10.3. The maximum Gasteiger partial charge on any atom is 0.335 e. The van der Waals surface area contributed by atoms with Crippen LogP contribution in [0.5, 0.6) is 11.5 Å². The van der Waals surface area contributed by atoms with E-state index in [0.29, 0.717) is 39.7 Å². The molecule has 5 N–H and O–H groups in total. The van der Waals surface area contributed by atoms with Crippen LogP contribution in [-0.2, 0) is 26.3 Å². The second-order valence-corrected chi connectivity index (χ2v) is 16.5. The minimum absolute atomic E-state index is 0.0483. The molecule has 2 heterocycles. The van der Waals surface area contributed by atoms with Crippen LogP contribution in [0.25, 0.3) is 21.9 Å². The molecule has 6 rings (SSSR count). The third-order valence-electron chi connectivity index (χ3n) is 10.1. The number of sulfonamides is 1. The largest absolute Gasteiger partial charge is 0.490 e. The standard InChI is InChI=1S/C41H48N6O8S.O2S/c1-23-8-10-34(53-14-12-48)32(18-23)43-30-20-29(21-31(28(30)6)46-56(51,52)36-19-24(2)9-11-35(36)54-15-13-49)39-44-40-37(33(42-7)22-47(40)45-39)41(50)55-38-26(4)16-25(3)17-27(38)5;1-3-2/h8-11,18-22,25-27,38,43,46,48-49H,12-17H2,1-6H3,(H,44,45);. The van der Waals surface area contributed by atoms with E-state index in [0.717, 1.165) is 18.4 Å². The Kier molecular flexibility index (Phi) is 14.5. The fraction of sp³-hybridized carbons (Fsp3) is 0.390. The lowest BCUT2D eigenvalue weighted by molar-refractivity contribution is -0.0249. The Morgan fingerprint density at radius 2 is 1.53 bits per heavy atom. The summed E-state index contributed by atoms with van der Waals surface area (Å²) in [7, 11) is -4.27. The van der Waals surface area contributed by atoms with E-state index in [4.69, 9.17) is 34.2 Å². The number of nitrogens with one attached hydrogen (secondary N) is 3. The molecule has 2 atom stereocenters. The predicted octanol–water partition coefficient (Wildman–Crippen LogP) is 6.65. The van der Waals surface area contributed by atoms with E-state index in [-0.39, 0.29) is 83.4 Å². The summed E-state index contributed by atoms with van der Waals surface area (Å²) in [6, 6.07) is 13.7. The number of rotatable bonds is 14. The zero-order valence-electron chi connectivity index (χ0n) is 33.6. The van der Waals surface area contributed by atoms with Crippen LogP contribution in [0.3, 0.4) is 0 Å². The lowest BCUT2D eigenvalue weighted by Crippen LogP contribution is -2.37. The molecule has 2 aromatic heterocycles. The highest BCUT2D eigenvalue weighted by molar-refractivity contribution is 7.92. The Morgan fingerprint density at radius 3 is 2.15 bits per heavy atom. The topological polar surface area (TPSA) is 215 Å². The van der Waals surface area contributed by atoms with Crippen LogP contribution >= 0.6 is 0 Å². The molecule has 1 saturated carbocycles. The number of aliphatic hydroxyl groups is 2. The maximum absolute atomic E-state index is 14.1. The van der Waals surface area contributed by atoms with Crippen LogP contribution in [-0.4, -0.2) is 80.1 Å². The number of ether oxygens (including phenoxy) is 3. The summed E-state index contributed by atoms with van der Waals surface area (Å²) in [5.41, 5.74) is 4.21. The van der Waals surface area contributed by atoms with E-state index >= 15 is 0 Å². The average Bonchev–Trinajstić information content (AvgIpc) is 3.75. The first kappa shape index (κ1) is 44.4. The van der Waals surface area contributed by atoms with E-state index in [9.17, 15) is 23.4 Å². The molecule has 59 heavy (non-hydrogen) atoms. The molecule has 0 amide bonds. The number of aromatic amines is 1. The van der Waals surface area contributed by atoms with Gasteiger partial charge in [0.1, 0.15) is 41.3 Å². The molecule has 1 aliphatic carbocycles. The summed E-state index contributed by atoms with van der Waals surface area (Å²) in [6.45, 7) is 19.1. The van der Waals surface area contributed by atoms with Crippen LogP contribution in [0, 0.1) is 45.1 Å². The number of nitrogens with zero attached hydrogens (tertiary/aromatic N) is 3. The molecular formula is C41H48N6O10S2. The minimum atomic E-state index is -4.27. The summed E-state index contributed by atoms with van der Waals surface area (Å²) < 4.78 is 66.5. The number of hydrogen-bond acceptors (Lipinski definition) is 12. The number of aromatic nitrogens is 3. The number of carbonyl (C=O) groups excluding carboxylic acids is 1. The summed E-state index contributed by atoms with van der Waals surface area (Å²) in [4.78, 5) is 22.1. The second kappa shape index (κ2) is 19.3. The van der Waals surface area contributed by atoms with Gasteiger partial charge in [0.2, 0.25) is 5.69 Å². The van der Waals surface area contributed by atoms with E-state index in [1.807, 2.05) is 19.1 Å². The molecule has 0 spiro atoms. The van der Waals surface area contributed by atoms with Gasteiger partial charge >= 0.3 is 17.5 Å². The van der Waals surface area contributed by atoms with Gasteiger partial charge in [-0.2, -0.15) is 8.42 Å². The van der Waals surface area contributed by atoms with Gasteiger partial charge in [-0.15, -0.1) is 0 Å². The molecule has 314 valence electrons. The number of anilines is 3. The normalized spacial score (nSPS) is 17.6. The highest BCUT2D eigenvalue weighted by Gasteiger charge is 2.36. The Labute approximate surface area is 346 Å². The van der Waals surface area contributed by atoms with Crippen LogP contribution in [0.1, 0.15) is 60.7 Å². The number of hydrogen-bond donors (Lipinski definition) is 5. The van der Waals surface area contributed by atoms with Crippen molar-refractivity contribution in [3.05, 3.63) is 88.4 Å². The van der Waals surface area contributed by atoms with Crippen molar-refractivity contribution in [2.75, 3.05) is 36.5 Å². The quantitative estimate of drug-likeness (QED) is 0.0587. The lowest BCUT2D eigenvalue weighted by atomic mass is 9.75. The van der Waals surface area contributed by atoms with Crippen LogP contribution in [0.4, 0.5) is 22.7 Å². The highest BCUT2D eigenvalue weighted by Crippen LogP contribution is 2.39. The molecule has 5 aromatic rings. The van der Waals surface area contributed by atoms with Gasteiger partial charge in [-0.25, -0.2) is 23.0 Å². The van der Waals surface area contributed by atoms with Crippen LogP contribution in [0.2, 0.25) is 0 Å². The average molecular weight is 849 g/mol. The maximum atomic E-state index is 14.1. The van der Waals surface area contributed by atoms with Gasteiger partial charge in [0.15, 0.2) is 11.5 Å². The second-order valence-electron chi connectivity index (χ2n) is 14.8. The highest BCUT2D eigenvalue weighted by atomic mass is 32.2. The first-order valence-electron chi connectivity index (χ1n) is 18.9. The van der Waals surface area contributed by atoms with E-state index in [2.05, 4.69) is 40.8 Å². The molecule has 18 heteroatoms. The molecule has 16 nitrogen and oxygen atoms in total. The molecular weight excluding hydrogens is 801 g/mol. The number of esters is 1. The zero-order valence-corrected chi connectivity index (χ0v) is 35.2. The van der Waals surface area contributed by atoms with Crippen molar-refractivity contribution in [1.82, 2.24) is 14.6 Å². The molecule has 0 aliphatic heterocycles. The molecule has 1 fully saturated rings. The third-order valence-corrected chi connectivity index (χ3v) is 11.4. The first-order valence-corrected chi connectivity index (χ1v) is 21.0. The van der Waals surface area contributed by atoms with Crippen molar-refractivity contribution < 1.29 is 46.1 Å².